The first-order valence-corrected chi connectivity index (χ1v) is 15.3. The second kappa shape index (κ2) is 15.4. The average molecular weight is 603 g/mol. The summed E-state index contributed by atoms with van der Waals surface area (Å²) >= 11 is 0. The van der Waals surface area contributed by atoms with Gasteiger partial charge in [0.05, 0.1) is 31.8 Å². The number of aliphatic hydroxyl groups excluding tert-OH is 1. The fraction of sp³-hybridized carbons (Fsp3) is 0.429. The first-order valence-electron chi connectivity index (χ1n) is 15.3. The normalized spacial score (nSPS) is 22.1. The van der Waals surface area contributed by atoms with E-state index in [2.05, 4.69) is 16.3 Å². The van der Waals surface area contributed by atoms with E-state index in [0.717, 1.165) is 65.7 Å². The van der Waals surface area contributed by atoms with E-state index in [-0.39, 0.29) is 37.6 Å². The van der Waals surface area contributed by atoms with Crippen LogP contribution < -0.4 is 5.32 Å². The Balaban J connectivity index is 1.33. The number of nitrogens with one attached hydrogen (secondary N) is 1. The maximum atomic E-state index is 12.0. The molecule has 2 heterocycles. The number of methoxy groups -OCH3 is 1. The summed E-state index contributed by atoms with van der Waals surface area (Å²) in [7, 11) is 1.75. The summed E-state index contributed by atoms with van der Waals surface area (Å²) in [5, 5.41) is 21.1. The number of carboxylic acids is 1. The minimum absolute atomic E-state index is 0.00109. The molecule has 44 heavy (non-hydrogen) atoms. The molecular formula is C35H42N2O7. The average Bonchev–Trinajstić information content (AvgIpc) is 3.49. The maximum Gasteiger partial charge on any atom is 0.303 e. The molecule has 5 rings (SSSR count). The zero-order valence-electron chi connectivity index (χ0n) is 25.2. The number of likely N-dealkylation sites (tertiary alicyclic amines) is 1. The van der Waals surface area contributed by atoms with Gasteiger partial charge in [-0.2, -0.15) is 0 Å². The molecule has 0 aliphatic carbocycles. The Morgan fingerprint density at radius 1 is 0.955 bits per heavy atom. The molecule has 0 spiro atoms. The molecule has 3 aromatic rings. The third kappa shape index (κ3) is 8.52. The summed E-state index contributed by atoms with van der Waals surface area (Å²) in [6, 6.07) is 24.4. The Labute approximate surface area is 258 Å². The van der Waals surface area contributed by atoms with Crippen molar-refractivity contribution in [3.8, 4) is 11.1 Å². The minimum atomic E-state index is -0.989. The predicted octanol–water partition coefficient (Wildman–Crippen LogP) is 4.98. The lowest BCUT2D eigenvalue weighted by atomic mass is 9.98. The number of hydrogen-bond donors (Lipinski definition) is 3. The molecule has 9 nitrogen and oxygen atoms in total. The zero-order valence-corrected chi connectivity index (χ0v) is 25.2. The highest BCUT2D eigenvalue weighted by Crippen LogP contribution is 2.39. The number of ether oxygens (including phenoxy) is 3. The van der Waals surface area contributed by atoms with Crippen LogP contribution in [0, 0.1) is 0 Å². The number of aliphatic hydroxyl groups is 1. The Morgan fingerprint density at radius 2 is 1.73 bits per heavy atom. The third-order valence-corrected chi connectivity index (χ3v) is 8.39. The molecule has 2 aliphatic heterocycles. The number of rotatable bonds is 13. The summed E-state index contributed by atoms with van der Waals surface area (Å²) < 4.78 is 18.7. The number of amides is 1. The Kier molecular flexibility index (Phi) is 11.1. The summed E-state index contributed by atoms with van der Waals surface area (Å²) in [5.41, 5.74) is 5.76. The highest BCUT2D eigenvalue weighted by Gasteiger charge is 2.35. The zero-order chi connectivity index (χ0) is 30.9. The molecular weight excluding hydrogens is 560 g/mol. The molecule has 2 aliphatic rings. The van der Waals surface area contributed by atoms with Crippen molar-refractivity contribution in [3.63, 3.8) is 0 Å². The fourth-order valence-corrected chi connectivity index (χ4v) is 6.05. The van der Waals surface area contributed by atoms with Crippen LogP contribution in [0.2, 0.25) is 0 Å². The van der Waals surface area contributed by atoms with Crippen molar-refractivity contribution in [2.75, 3.05) is 26.8 Å². The van der Waals surface area contributed by atoms with Crippen molar-refractivity contribution >= 4 is 11.9 Å². The quantitative estimate of drug-likeness (QED) is 0.251. The molecule has 3 aromatic carbocycles. The van der Waals surface area contributed by atoms with Gasteiger partial charge in [-0.15, -0.1) is 0 Å². The van der Waals surface area contributed by atoms with Crippen LogP contribution in [0.4, 0.5) is 0 Å². The van der Waals surface area contributed by atoms with Gasteiger partial charge in [-0.25, -0.2) is 0 Å². The van der Waals surface area contributed by atoms with Crippen molar-refractivity contribution in [3.05, 3.63) is 95.1 Å². The van der Waals surface area contributed by atoms with Crippen LogP contribution in [-0.4, -0.2) is 65.9 Å². The van der Waals surface area contributed by atoms with E-state index >= 15 is 0 Å². The van der Waals surface area contributed by atoms with E-state index in [4.69, 9.17) is 19.3 Å². The molecule has 1 amide bonds. The number of hydrogen-bond acceptors (Lipinski definition) is 7. The van der Waals surface area contributed by atoms with E-state index in [0.29, 0.717) is 19.2 Å². The van der Waals surface area contributed by atoms with E-state index in [1.165, 1.54) is 0 Å². The van der Waals surface area contributed by atoms with Gasteiger partial charge in [0.2, 0.25) is 5.91 Å². The van der Waals surface area contributed by atoms with Crippen LogP contribution in [0.25, 0.3) is 11.1 Å². The van der Waals surface area contributed by atoms with Gasteiger partial charge in [0.25, 0.3) is 0 Å². The number of aliphatic carboxylic acids is 1. The summed E-state index contributed by atoms with van der Waals surface area (Å²) in [4.78, 5) is 25.3. The number of carbonyl (C=O) groups excluding carboxylic acids is 1. The first-order chi connectivity index (χ1) is 21.4. The smallest absolute Gasteiger partial charge is 0.303 e. The second-order valence-electron chi connectivity index (χ2n) is 11.6. The van der Waals surface area contributed by atoms with Crippen LogP contribution in [-0.2, 0) is 37.0 Å². The van der Waals surface area contributed by atoms with Crippen molar-refractivity contribution in [2.24, 2.45) is 0 Å². The Hall–Kier alpha value is -3.60. The molecule has 4 atom stereocenters. The van der Waals surface area contributed by atoms with Crippen LogP contribution in [0.5, 0.6) is 0 Å². The molecule has 0 saturated carbocycles. The fourth-order valence-electron chi connectivity index (χ4n) is 6.05. The van der Waals surface area contributed by atoms with Gasteiger partial charge in [-0.05, 0) is 59.3 Å². The van der Waals surface area contributed by atoms with Crippen LogP contribution in [0.3, 0.4) is 0 Å². The van der Waals surface area contributed by atoms with Gasteiger partial charge in [-0.1, -0.05) is 60.7 Å². The van der Waals surface area contributed by atoms with Crippen LogP contribution in [0.15, 0.2) is 72.8 Å². The highest BCUT2D eigenvalue weighted by molar-refractivity contribution is 5.80. The molecule has 0 radical (unpaired) electrons. The lowest BCUT2D eigenvalue weighted by Gasteiger charge is -2.39. The molecule has 0 bridgehead atoms. The van der Waals surface area contributed by atoms with Gasteiger partial charge in [-0.3, -0.25) is 14.5 Å². The molecule has 234 valence electrons. The maximum absolute atomic E-state index is 12.0. The van der Waals surface area contributed by atoms with Gasteiger partial charge in [0.1, 0.15) is 0 Å². The Bertz CT molecular complexity index is 1400. The van der Waals surface area contributed by atoms with E-state index in [9.17, 15) is 14.7 Å². The standard InChI is InChI=1S/C35H42N2O7/c1-42-23-30-9-4-16-37(30)21-31-19-32(26-12-10-24(22-38)11-13-26)44-35(43-31)29-8-3-7-28(18-29)27-6-2-5-25(17-27)20-36-33(39)14-15-34(40)41/h2-3,5-8,10-13,17-18,30-32,35,38H,4,9,14-16,19-23H2,1H3,(H,36,39)(H,40,41)/t30-,31-,32+,35+/m0/s1. The highest BCUT2D eigenvalue weighted by atomic mass is 16.7. The Morgan fingerprint density at radius 3 is 2.48 bits per heavy atom. The number of nitrogens with zero attached hydrogens (tertiary/aromatic N) is 1. The van der Waals surface area contributed by atoms with Crippen molar-refractivity contribution in [1.82, 2.24) is 10.2 Å². The summed E-state index contributed by atoms with van der Waals surface area (Å²) in [6.07, 6.45) is 2.01. The molecule has 9 heteroatoms. The van der Waals surface area contributed by atoms with Crippen molar-refractivity contribution in [2.45, 2.75) is 69.8 Å². The van der Waals surface area contributed by atoms with Gasteiger partial charge >= 0.3 is 5.97 Å². The number of carboxylic acid groups (broad SMARTS) is 1. The first kappa shape index (κ1) is 31.8. The van der Waals surface area contributed by atoms with Crippen LogP contribution in [0.1, 0.15) is 66.8 Å². The van der Waals surface area contributed by atoms with Crippen LogP contribution >= 0.6 is 0 Å². The number of carbonyl (C=O) groups is 2. The van der Waals surface area contributed by atoms with E-state index in [1.807, 2.05) is 66.7 Å². The topological polar surface area (TPSA) is 118 Å². The second-order valence-corrected chi connectivity index (χ2v) is 11.6. The summed E-state index contributed by atoms with van der Waals surface area (Å²) in [6.45, 7) is 2.87. The van der Waals surface area contributed by atoms with E-state index < -0.39 is 12.3 Å². The lowest BCUT2D eigenvalue weighted by molar-refractivity contribution is -0.253. The largest absolute Gasteiger partial charge is 0.481 e. The molecule has 2 saturated heterocycles. The molecule has 0 aromatic heterocycles. The monoisotopic (exact) mass is 602 g/mol. The molecule has 2 fully saturated rings. The van der Waals surface area contributed by atoms with Gasteiger partial charge in [0, 0.05) is 44.6 Å². The summed E-state index contributed by atoms with van der Waals surface area (Å²) in [5.74, 6) is -1.28. The van der Waals surface area contributed by atoms with Gasteiger partial charge in [0.15, 0.2) is 6.29 Å². The predicted molar refractivity (Wildman–Crippen MR) is 165 cm³/mol. The minimum Gasteiger partial charge on any atom is -0.481 e. The third-order valence-electron chi connectivity index (χ3n) is 8.39. The van der Waals surface area contributed by atoms with Crippen molar-refractivity contribution in [1.29, 1.82) is 0 Å². The molecule has 0 unspecified atom stereocenters. The number of benzene rings is 3. The van der Waals surface area contributed by atoms with E-state index in [1.54, 1.807) is 7.11 Å². The molecule has 3 N–H and O–H groups in total. The van der Waals surface area contributed by atoms with Crippen molar-refractivity contribution < 1.29 is 34.0 Å². The van der Waals surface area contributed by atoms with Gasteiger partial charge < -0.3 is 29.7 Å². The SMILES string of the molecule is COC[C@@H]1CCCN1C[C@@H]1C[C@H](c2ccc(CO)cc2)O[C@H](c2cccc(-c3cccc(CNC(=O)CCC(=O)O)c3)c2)O1. The lowest BCUT2D eigenvalue weighted by Crippen LogP contribution is -2.42.